The maximum atomic E-state index is 15.4. The zero-order valence-electron chi connectivity index (χ0n) is 16.6. The number of aliphatic carboxylic acids is 2. The molecular weight excluding hydrogens is 487 g/mol. The number of hydrogen-bond donors (Lipinski definition) is 3. The van der Waals surface area contributed by atoms with Crippen LogP contribution in [0.3, 0.4) is 0 Å². The van der Waals surface area contributed by atoms with E-state index in [-0.39, 0.29) is 5.17 Å². The number of carboxylic acid groups (broad SMARTS) is 2. The number of hydrogen-bond acceptors (Lipinski definition) is 8. The summed E-state index contributed by atoms with van der Waals surface area (Å²) in [7, 11) is 1.31. The average molecular weight is 501 g/mol. The Morgan fingerprint density at radius 2 is 1.91 bits per heavy atom. The summed E-state index contributed by atoms with van der Waals surface area (Å²) in [6.07, 6.45) is 0.499. The first-order chi connectivity index (χ1) is 15.4. The van der Waals surface area contributed by atoms with E-state index in [9.17, 15) is 29.1 Å². The lowest BCUT2D eigenvalue weighted by Gasteiger charge is -2.15. The van der Waals surface area contributed by atoms with E-state index in [2.05, 4.69) is 4.99 Å². The topological polar surface area (TPSA) is 172 Å². The van der Waals surface area contributed by atoms with Gasteiger partial charge in [-0.25, -0.2) is 18.7 Å². The molecule has 2 heterocycles. The van der Waals surface area contributed by atoms with Crippen LogP contribution in [0.15, 0.2) is 32.9 Å². The van der Waals surface area contributed by atoms with Gasteiger partial charge < -0.3 is 19.9 Å². The predicted octanol–water partition coefficient (Wildman–Crippen LogP) is 0.525. The normalized spacial score (nSPS) is 17.1. The van der Waals surface area contributed by atoms with E-state index in [0.29, 0.717) is 21.2 Å². The number of rotatable bonds is 6. The first-order valence-electron chi connectivity index (χ1n) is 8.92. The second-order valence-electron chi connectivity index (χ2n) is 6.69. The molecule has 1 amide bonds. The third-order valence-corrected chi connectivity index (χ3v) is 5.96. The second-order valence-corrected chi connectivity index (χ2v) is 8.24. The van der Waals surface area contributed by atoms with Crippen molar-refractivity contribution in [2.24, 2.45) is 12.0 Å². The molecule has 1 atom stereocenters. The molecule has 1 saturated heterocycles. The van der Waals surface area contributed by atoms with Crippen molar-refractivity contribution in [1.82, 2.24) is 14.0 Å². The van der Waals surface area contributed by atoms with E-state index in [1.54, 1.807) is 0 Å². The van der Waals surface area contributed by atoms with Crippen LogP contribution in [-0.2, 0) is 21.4 Å². The van der Waals surface area contributed by atoms with Crippen LogP contribution in [0.1, 0.15) is 6.42 Å². The first kappa shape index (κ1) is 24.0. The molecule has 33 heavy (non-hydrogen) atoms. The third kappa shape index (κ3) is 4.61. The van der Waals surface area contributed by atoms with Crippen LogP contribution in [0, 0.1) is 5.82 Å². The lowest BCUT2D eigenvalue weighted by atomic mass is 10.2. The molecule has 2 aromatic rings. The minimum absolute atomic E-state index is 0.390. The third-order valence-electron chi connectivity index (χ3n) is 4.41. The number of phenols is 1. The number of phenolic OH excluding ortho intramolecular Hbond substituents is 1. The van der Waals surface area contributed by atoms with Gasteiger partial charge in [0, 0.05) is 25.4 Å². The Labute approximate surface area is 192 Å². The molecule has 0 bridgehead atoms. The smallest absolute Gasteiger partial charge is 0.335 e. The number of aliphatic imine (C=N–C) groups is 1. The summed E-state index contributed by atoms with van der Waals surface area (Å²) in [5.41, 5.74) is -3.34. The van der Waals surface area contributed by atoms with Crippen LogP contribution in [0.5, 0.6) is 5.75 Å². The molecule has 174 valence electrons. The molecule has 1 aliphatic heterocycles. The maximum absolute atomic E-state index is 15.4. The van der Waals surface area contributed by atoms with Gasteiger partial charge in [-0.2, -0.15) is 0 Å². The van der Waals surface area contributed by atoms with Crippen molar-refractivity contribution < 1.29 is 34.1 Å². The minimum atomic E-state index is -1.45. The molecule has 0 spiro atoms. The fourth-order valence-corrected chi connectivity index (χ4v) is 4.22. The highest BCUT2D eigenvalue weighted by Gasteiger charge is 2.40. The molecule has 1 aromatic heterocycles. The zero-order valence-corrected chi connectivity index (χ0v) is 18.1. The van der Waals surface area contributed by atoms with Crippen molar-refractivity contribution in [3.63, 3.8) is 0 Å². The van der Waals surface area contributed by atoms with Crippen LogP contribution >= 0.6 is 23.4 Å². The molecule has 3 N–H and O–H groups in total. The number of amides is 1. The number of aromatic hydroxyl groups is 1. The minimum Gasteiger partial charge on any atom is -0.506 e. The van der Waals surface area contributed by atoms with Crippen molar-refractivity contribution in [2.45, 2.75) is 11.7 Å². The van der Waals surface area contributed by atoms with Gasteiger partial charge in [0.15, 0.2) is 11.0 Å². The summed E-state index contributed by atoms with van der Waals surface area (Å²) in [6, 6.07) is 1.72. The van der Waals surface area contributed by atoms with Crippen molar-refractivity contribution in [2.75, 3.05) is 6.54 Å². The van der Waals surface area contributed by atoms with Crippen molar-refractivity contribution in [3.05, 3.63) is 50.0 Å². The van der Waals surface area contributed by atoms with Crippen LogP contribution in [-0.4, -0.2) is 64.2 Å². The highest BCUT2D eigenvalue weighted by atomic mass is 35.5. The number of nitrogens with zero attached hydrogens (tertiary/aromatic N) is 4. The fourth-order valence-electron chi connectivity index (χ4n) is 2.90. The van der Waals surface area contributed by atoms with Crippen LogP contribution < -0.4 is 11.2 Å². The number of thioether (sulfide) groups is 1. The van der Waals surface area contributed by atoms with Crippen molar-refractivity contribution in [3.8, 4) is 11.4 Å². The Balaban J connectivity index is 2.22. The quantitative estimate of drug-likeness (QED) is 0.511. The van der Waals surface area contributed by atoms with Crippen LogP contribution in [0.25, 0.3) is 5.69 Å². The average Bonchev–Trinajstić information content (AvgIpc) is 2.99. The number of aryl methyl sites for hydroxylation is 1. The molecule has 0 radical (unpaired) electrons. The molecule has 1 aromatic carbocycles. The second kappa shape index (κ2) is 9.07. The SMILES string of the molecule is Cn1ccc(=O)n(-c2cc(O)c(Cl)c(N=C3SC(CC(=O)O)C(=O)N3CC(=O)O)c2F)c1=O. The Bertz CT molecular complexity index is 1340. The fraction of sp³-hybridized carbons (Fsp3) is 0.222. The zero-order chi connectivity index (χ0) is 24.6. The van der Waals surface area contributed by atoms with Gasteiger partial charge in [0.1, 0.15) is 28.3 Å². The highest BCUT2D eigenvalue weighted by molar-refractivity contribution is 8.15. The summed E-state index contributed by atoms with van der Waals surface area (Å²) < 4.78 is 16.8. The molecule has 3 rings (SSSR count). The largest absolute Gasteiger partial charge is 0.506 e. The van der Waals surface area contributed by atoms with Crippen molar-refractivity contribution in [1.29, 1.82) is 0 Å². The van der Waals surface area contributed by atoms with E-state index in [0.717, 1.165) is 22.9 Å². The molecule has 15 heteroatoms. The van der Waals surface area contributed by atoms with Crippen LogP contribution in [0.4, 0.5) is 10.1 Å². The van der Waals surface area contributed by atoms with E-state index in [4.69, 9.17) is 21.8 Å². The summed E-state index contributed by atoms with van der Waals surface area (Å²) in [5, 5.41) is 26.0. The number of halogens is 2. The van der Waals surface area contributed by atoms with Crippen molar-refractivity contribution >= 4 is 52.1 Å². The Morgan fingerprint density at radius 3 is 2.52 bits per heavy atom. The lowest BCUT2D eigenvalue weighted by Crippen LogP contribution is -2.37. The van der Waals surface area contributed by atoms with E-state index in [1.165, 1.54) is 7.05 Å². The van der Waals surface area contributed by atoms with E-state index >= 15 is 4.39 Å². The molecule has 0 aliphatic carbocycles. The van der Waals surface area contributed by atoms with Gasteiger partial charge in [-0.05, 0) is 0 Å². The Morgan fingerprint density at radius 1 is 1.24 bits per heavy atom. The standard InChI is InChI=1S/C18H14ClFN4O8S/c1-22-3-2-10(26)24(18(22)32)7-4-8(25)13(19)15(14(7)20)21-17-23(6-12(29)30)16(31)9(33-17)5-11(27)28/h2-4,9,25H,5-6H2,1H3,(H,27,28)(H,29,30). The summed E-state index contributed by atoms with van der Waals surface area (Å²) in [4.78, 5) is 63.8. The van der Waals surface area contributed by atoms with Gasteiger partial charge in [0.25, 0.3) is 5.56 Å². The lowest BCUT2D eigenvalue weighted by molar-refractivity contribution is -0.142. The van der Waals surface area contributed by atoms with E-state index < -0.39 is 75.3 Å². The number of aromatic nitrogens is 2. The number of amidine groups is 1. The number of carboxylic acids is 2. The van der Waals surface area contributed by atoms with E-state index in [1.807, 2.05) is 0 Å². The van der Waals surface area contributed by atoms with Gasteiger partial charge in [-0.3, -0.25) is 24.1 Å². The molecule has 1 unspecified atom stereocenters. The number of benzene rings is 1. The van der Waals surface area contributed by atoms with Gasteiger partial charge in [-0.15, -0.1) is 0 Å². The molecule has 0 saturated carbocycles. The monoisotopic (exact) mass is 500 g/mol. The van der Waals surface area contributed by atoms with Gasteiger partial charge in [0.05, 0.1) is 12.1 Å². The summed E-state index contributed by atoms with van der Waals surface area (Å²) in [6.45, 7) is -0.898. The van der Waals surface area contributed by atoms with Gasteiger partial charge in [0.2, 0.25) is 5.91 Å². The van der Waals surface area contributed by atoms with Gasteiger partial charge >= 0.3 is 17.6 Å². The van der Waals surface area contributed by atoms with Gasteiger partial charge in [-0.1, -0.05) is 23.4 Å². The number of carbonyl (C=O) groups excluding carboxylic acids is 1. The predicted molar refractivity (Wildman–Crippen MR) is 114 cm³/mol. The van der Waals surface area contributed by atoms with Crippen LogP contribution in [0.2, 0.25) is 5.02 Å². The molecule has 12 nitrogen and oxygen atoms in total. The first-order valence-corrected chi connectivity index (χ1v) is 10.2. The molecular formula is C18H14ClFN4O8S. The Kier molecular flexibility index (Phi) is 6.60. The maximum Gasteiger partial charge on any atom is 0.335 e. The molecule has 1 fully saturated rings. The molecule has 1 aliphatic rings. The highest BCUT2D eigenvalue weighted by Crippen LogP contribution is 2.41. The summed E-state index contributed by atoms with van der Waals surface area (Å²) >= 11 is 6.53. The Hall–Kier alpha value is -3.65. The number of carbonyl (C=O) groups is 3. The summed E-state index contributed by atoms with van der Waals surface area (Å²) in [5.74, 6) is -5.74.